The van der Waals surface area contributed by atoms with E-state index in [9.17, 15) is 14.7 Å². The van der Waals surface area contributed by atoms with Gasteiger partial charge in [-0.05, 0) is 6.92 Å². The molecule has 0 saturated heterocycles. The molecule has 0 rings (SSSR count). The molecule has 0 spiro atoms. The summed E-state index contributed by atoms with van der Waals surface area (Å²) >= 11 is 1.11. The van der Waals surface area contributed by atoms with Gasteiger partial charge in [0.1, 0.15) is 0 Å². The Hall–Kier alpha value is -0.550. The monoisotopic (exact) mass is 248 g/mol. The average Bonchev–Trinajstić information content (AvgIpc) is 2.12. The van der Waals surface area contributed by atoms with E-state index in [2.05, 4.69) is 4.74 Å². The largest absolute Gasteiger partial charge is 0.467 e. The molecule has 0 amide bonds. The Morgan fingerprint density at radius 1 is 1.25 bits per heavy atom. The zero-order valence-corrected chi connectivity index (χ0v) is 11.5. The van der Waals surface area contributed by atoms with Crippen LogP contribution in [0.15, 0.2) is 0 Å². The third-order valence-corrected chi connectivity index (χ3v) is 3.37. The first-order valence-electron chi connectivity index (χ1n) is 5.06. The normalized spacial score (nSPS) is 17.4. The Bertz CT molecular complexity index is 278. The van der Waals surface area contributed by atoms with E-state index < -0.39 is 17.5 Å². The van der Waals surface area contributed by atoms with Crippen molar-refractivity contribution in [3.8, 4) is 0 Å². The van der Waals surface area contributed by atoms with Crippen molar-refractivity contribution < 1.29 is 19.4 Å². The van der Waals surface area contributed by atoms with Crippen molar-refractivity contribution in [2.45, 2.75) is 45.0 Å². The van der Waals surface area contributed by atoms with Crippen LogP contribution in [0.5, 0.6) is 0 Å². The van der Waals surface area contributed by atoms with Crippen LogP contribution in [0, 0.1) is 5.92 Å². The summed E-state index contributed by atoms with van der Waals surface area (Å²) in [4.78, 5) is 23.1. The molecule has 94 valence electrons. The number of methoxy groups -OCH3 is 1. The Balaban J connectivity index is 4.73. The highest BCUT2D eigenvalue weighted by Gasteiger charge is 2.42. The van der Waals surface area contributed by atoms with Gasteiger partial charge < -0.3 is 9.84 Å². The number of ether oxygens (including phenoxy) is 1. The molecule has 5 heteroatoms. The molecular formula is C11H20O4S. The predicted octanol–water partition coefficient (Wildman–Crippen LogP) is 1.60. The van der Waals surface area contributed by atoms with Gasteiger partial charge in [0.15, 0.2) is 10.7 Å². The van der Waals surface area contributed by atoms with Gasteiger partial charge in [0.2, 0.25) is 0 Å². The molecule has 0 saturated carbocycles. The molecule has 4 nitrogen and oxygen atoms in total. The number of hydrogen-bond donors (Lipinski definition) is 1. The lowest BCUT2D eigenvalue weighted by atomic mass is 9.92. The molecule has 0 unspecified atom stereocenters. The standard InChI is InChI=1S/C11H20O4S/c1-7(8(12)16-10(2,3)4)11(5,14)9(13)15-6/h7,14H,1-6H3/t7-,11-/m1/s1. The molecule has 0 aliphatic carbocycles. The van der Waals surface area contributed by atoms with Crippen LogP contribution in [0.1, 0.15) is 34.6 Å². The van der Waals surface area contributed by atoms with Crippen molar-refractivity contribution in [2.75, 3.05) is 7.11 Å². The van der Waals surface area contributed by atoms with E-state index in [1.165, 1.54) is 21.0 Å². The summed E-state index contributed by atoms with van der Waals surface area (Å²) in [5.74, 6) is -1.59. The van der Waals surface area contributed by atoms with Crippen LogP contribution in [0.2, 0.25) is 0 Å². The Morgan fingerprint density at radius 3 is 2.00 bits per heavy atom. The van der Waals surface area contributed by atoms with Gasteiger partial charge in [-0.25, -0.2) is 4.79 Å². The van der Waals surface area contributed by atoms with Crippen LogP contribution in [0.4, 0.5) is 0 Å². The van der Waals surface area contributed by atoms with Crippen LogP contribution in [-0.2, 0) is 14.3 Å². The van der Waals surface area contributed by atoms with Gasteiger partial charge in [0.05, 0.1) is 13.0 Å². The summed E-state index contributed by atoms with van der Waals surface area (Å²) < 4.78 is 4.23. The SMILES string of the molecule is COC(=O)[C@](C)(O)[C@H](C)C(=O)SC(C)(C)C. The quantitative estimate of drug-likeness (QED) is 0.769. The summed E-state index contributed by atoms with van der Waals surface area (Å²) in [7, 11) is 1.19. The molecule has 0 aromatic heterocycles. The molecule has 0 radical (unpaired) electrons. The van der Waals surface area contributed by atoms with Gasteiger partial charge in [0.25, 0.3) is 0 Å². The third kappa shape index (κ3) is 4.14. The summed E-state index contributed by atoms with van der Waals surface area (Å²) in [5, 5.41) is 9.69. The highest BCUT2D eigenvalue weighted by molar-refractivity contribution is 8.14. The van der Waals surface area contributed by atoms with E-state index >= 15 is 0 Å². The fourth-order valence-corrected chi connectivity index (χ4v) is 2.01. The maximum Gasteiger partial charge on any atom is 0.338 e. The van der Waals surface area contributed by atoms with Gasteiger partial charge in [-0.2, -0.15) is 0 Å². The van der Waals surface area contributed by atoms with Crippen LogP contribution in [0.3, 0.4) is 0 Å². The highest BCUT2D eigenvalue weighted by Crippen LogP contribution is 2.31. The molecule has 0 aliphatic heterocycles. The zero-order chi connectivity index (χ0) is 13.1. The molecule has 0 aromatic carbocycles. The van der Waals surface area contributed by atoms with Crippen molar-refractivity contribution in [2.24, 2.45) is 5.92 Å². The highest BCUT2D eigenvalue weighted by atomic mass is 32.2. The van der Waals surface area contributed by atoms with E-state index in [0.717, 1.165) is 11.8 Å². The van der Waals surface area contributed by atoms with Gasteiger partial charge in [-0.3, -0.25) is 4.79 Å². The lowest BCUT2D eigenvalue weighted by molar-refractivity contribution is -0.166. The van der Waals surface area contributed by atoms with Crippen molar-refractivity contribution in [1.29, 1.82) is 0 Å². The summed E-state index contributed by atoms with van der Waals surface area (Å²) in [6.07, 6.45) is 0. The summed E-state index contributed by atoms with van der Waals surface area (Å²) in [5.41, 5.74) is -1.77. The number of carbonyl (C=O) groups is 2. The van der Waals surface area contributed by atoms with Crippen LogP contribution < -0.4 is 0 Å². The number of aliphatic hydroxyl groups is 1. The maximum atomic E-state index is 11.8. The van der Waals surface area contributed by atoms with Gasteiger partial charge in [-0.1, -0.05) is 39.5 Å². The lowest BCUT2D eigenvalue weighted by Gasteiger charge is -2.28. The fourth-order valence-electron chi connectivity index (χ4n) is 1.00. The van der Waals surface area contributed by atoms with Gasteiger partial charge in [0, 0.05) is 4.75 Å². The second-order valence-electron chi connectivity index (χ2n) is 4.89. The number of esters is 1. The first-order chi connectivity index (χ1) is 7.02. The van der Waals surface area contributed by atoms with Crippen LogP contribution in [0.25, 0.3) is 0 Å². The van der Waals surface area contributed by atoms with Crippen molar-refractivity contribution in [1.82, 2.24) is 0 Å². The smallest absolute Gasteiger partial charge is 0.338 e. The Morgan fingerprint density at radius 2 is 1.69 bits per heavy atom. The van der Waals surface area contributed by atoms with E-state index in [1.54, 1.807) is 0 Å². The fraction of sp³-hybridized carbons (Fsp3) is 0.818. The summed E-state index contributed by atoms with van der Waals surface area (Å²) in [6.45, 7) is 8.52. The average molecular weight is 248 g/mol. The molecule has 16 heavy (non-hydrogen) atoms. The van der Waals surface area contributed by atoms with E-state index in [1.807, 2.05) is 20.8 Å². The number of rotatable bonds is 3. The molecule has 0 fully saturated rings. The van der Waals surface area contributed by atoms with Gasteiger partial charge in [-0.15, -0.1) is 0 Å². The van der Waals surface area contributed by atoms with Crippen LogP contribution in [-0.4, -0.2) is 33.6 Å². The molecule has 0 bridgehead atoms. The zero-order valence-electron chi connectivity index (χ0n) is 10.7. The molecule has 0 heterocycles. The summed E-state index contributed by atoms with van der Waals surface area (Å²) in [6, 6.07) is 0. The minimum absolute atomic E-state index is 0.220. The Labute approximate surface area is 101 Å². The molecule has 0 aromatic rings. The second-order valence-corrected chi connectivity index (χ2v) is 6.73. The van der Waals surface area contributed by atoms with E-state index in [-0.39, 0.29) is 9.86 Å². The van der Waals surface area contributed by atoms with Gasteiger partial charge >= 0.3 is 5.97 Å². The van der Waals surface area contributed by atoms with Crippen molar-refractivity contribution >= 4 is 22.8 Å². The van der Waals surface area contributed by atoms with E-state index in [4.69, 9.17) is 0 Å². The first kappa shape index (κ1) is 15.4. The van der Waals surface area contributed by atoms with E-state index in [0.29, 0.717) is 0 Å². The lowest BCUT2D eigenvalue weighted by Crippen LogP contribution is -2.45. The maximum absolute atomic E-state index is 11.8. The molecule has 2 atom stereocenters. The minimum atomic E-state index is -1.77. The molecular weight excluding hydrogens is 228 g/mol. The van der Waals surface area contributed by atoms with Crippen molar-refractivity contribution in [3.05, 3.63) is 0 Å². The first-order valence-corrected chi connectivity index (χ1v) is 5.87. The van der Waals surface area contributed by atoms with Crippen molar-refractivity contribution in [3.63, 3.8) is 0 Å². The predicted molar refractivity (Wildman–Crippen MR) is 64.2 cm³/mol. The van der Waals surface area contributed by atoms with Crippen LogP contribution >= 0.6 is 11.8 Å². The Kier molecular flexibility index (Phi) is 5.01. The molecule has 1 N–H and O–H groups in total. The minimum Gasteiger partial charge on any atom is -0.467 e. The number of thioether (sulfide) groups is 1. The number of hydrogen-bond acceptors (Lipinski definition) is 5. The molecule has 0 aliphatic rings. The topological polar surface area (TPSA) is 63.6 Å². The second kappa shape index (κ2) is 5.19. The number of carbonyl (C=O) groups excluding carboxylic acids is 2. The third-order valence-electron chi connectivity index (χ3n) is 2.20.